The maximum absolute atomic E-state index is 5.92. The van der Waals surface area contributed by atoms with E-state index in [1.165, 1.54) is 4.88 Å². The van der Waals surface area contributed by atoms with Gasteiger partial charge in [0.15, 0.2) is 11.5 Å². The highest BCUT2D eigenvalue weighted by molar-refractivity contribution is 7.09. The van der Waals surface area contributed by atoms with Crippen molar-refractivity contribution in [3.05, 3.63) is 40.1 Å². The van der Waals surface area contributed by atoms with Gasteiger partial charge >= 0.3 is 0 Å². The van der Waals surface area contributed by atoms with Gasteiger partial charge in [-0.25, -0.2) is 0 Å². The first-order chi connectivity index (χ1) is 9.86. The van der Waals surface area contributed by atoms with E-state index in [-0.39, 0.29) is 6.79 Å². The molecule has 5 heteroatoms. The Morgan fingerprint density at radius 1 is 1.30 bits per heavy atom. The van der Waals surface area contributed by atoms with Crippen molar-refractivity contribution in [3.8, 4) is 17.2 Å². The Hall–Kier alpha value is -1.72. The molecule has 1 N–H and O–H groups in total. The predicted octanol–water partition coefficient (Wildman–Crippen LogP) is 2.82. The minimum Gasteiger partial charge on any atom is -0.493 e. The van der Waals surface area contributed by atoms with E-state index < -0.39 is 0 Å². The van der Waals surface area contributed by atoms with Crippen molar-refractivity contribution in [2.45, 2.75) is 13.0 Å². The van der Waals surface area contributed by atoms with Crippen molar-refractivity contribution >= 4 is 11.3 Å². The van der Waals surface area contributed by atoms with Gasteiger partial charge < -0.3 is 19.5 Å². The Morgan fingerprint density at radius 3 is 2.90 bits per heavy atom. The average Bonchev–Trinajstić information content (AvgIpc) is 3.10. The van der Waals surface area contributed by atoms with Gasteiger partial charge in [-0.05, 0) is 24.6 Å². The molecular formula is C15H17NO3S. The smallest absolute Gasteiger partial charge is 0.231 e. The molecule has 2 heterocycles. The van der Waals surface area contributed by atoms with Crippen LogP contribution in [-0.2, 0) is 13.0 Å². The van der Waals surface area contributed by atoms with E-state index in [0.29, 0.717) is 6.61 Å². The third-order valence-electron chi connectivity index (χ3n) is 3.11. The van der Waals surface area contributed by atoms with Crippen LogP contribution in [0.4, 0.5) is 0 Å². The number of rotatable bonds is 6. The van der Waals surface area contributed by atoms with Crippen LogP contribution in [0.3, 0.4) is 0 Å². The summed E-state index contributed by atoms with van der Waals surface area (Å²) in [7, 11) is 1.92. The van der Waals surface area contributed by atoms with E-state index >= 15 is 0 Å². The first-order valence-corrected chi connectivity index (χ1v) is 7.47. The molecule has 3 rings (SSSR count). The van der Waals surface area contributed by atoms with Crippen LogP contribution >= 0.6 is 11.3 Å². The van der Waals surface area contributed by atoms with Crippen LogP contribution < -0.4 is 19.5 Å². The summed E-state index contributed by atoms with van der Waals surface area (Å²) in [6.45, 7) is 1.69. The maximum Gasteiger partial charge on any atom is 0.231 e. The predicted molar refractivity (Wildman–Crippen MR) is 78.8 cm³/mol. The summed E-state index contributed by atoms with van der Waals surface area (Å²) < 4.78 is 16.7. The topological polar surface area (TPSA) is 39.7 Å². The van der Waals surface area contributed by atoms with Crippen molar-refractivity contribution in [1.29, 1.82) is 0 Å². The molecule has 1 aliphatic heterocycles. The molecule has 4 nitrogen and oxygen atoms in total. The summed E-state index contributed by atoms with van der Waals surface area (Å²) in [5, 5.41) is 5.23. The Balaban J connectivity index is 1.70. The summed E-state index contributed by atoms with van der Waals surface area (Å²) in [4.78, 5) is 1.33. The normalized spacial score (nSPS) is 12.7. The molecule has 0 fully saturated rings. The van der Waals surface area contributed by atoms with Gasteiger partial charge in [0.1, 0.15) is 5.75 Å². The molecule has 0 saturated heterocycles. The lowest BCUT2D eigenvalue weighted by Gasteiger charge is -2.12. The van der Waals surface area contributed by atoms with Gasteiger partial charge in [0.2, 0.25) is 6.79 Å². The van der Waals surface area contributed by atoms with Gasteiger partial charge in [-0.2, -0.15) is 0 Å². The number of nitrogens with one attached hydrogen (secondary N) is 1. The number of hydrogen-bond acceptors (Lipinski definition) is 5. The lowest BCUT2D eigenvalue weighted by Crippen LogP contribution is -2.09. The van der Waals surface area contributed by atoms with Gasteiger partial charge in [-0.1, -0.05) is 6.07 Å². The maximum atomic E-state index is 5.92. The first-order valence-electron chi connectivity index (χ1n) is 6.59. The van der Waals surface area contributed by atoms with Gasteiger partial charge in [0, 0.05) is 29.5 Å². The van der Waals surface area contributed by atoms with E-state index in [9.17, 15) is 0 Å². The fourth-order valence-corrected chi connectivity index (χ4v) is 2.84. The fraction of sp³-hybridized carbons (Fsp3) is 0.333. The van der Waals surface area contributed by atoms with Crippen molar-refractivity contribution < 1.29 is 14.2 Å². The molecular weight excluding hydrogens is 274 g/mol. The second kappa shape index (κ2) is 6.15. The molecule has 2 aromatic rings. The third-order valence-corrected chi connectivity index (χ3v) is 4.05. The van der Waals surface area contributed by atoms with E-state index in [1.54, 1.807) is 11.3 Å². The highest BCUT2D eigenvalue weighted by Gasteiger charge is 2.17. The number of ether oxygens (including phenoxy) is 3. The standard InChI is InChI=1S/C15H17NO3S/c1-16-9-11-7-14-15(19-10-18-14)8-13(11)17-5-4-12-3-2-6-20-12/h2-3,6-8,16H,4-5,9-10H2,1H3. The van der Waals surface area contributed by atoms with Crippen molar-refractivity contribution in [2.75, 3.05) is 20.4 Å². The van der Waals surface area contributed by atoms with E-state index in [0.717, 1.165) is 35.8 Å². The molecule has 0 unspecified atom stereocenters. The number of hydrogen-bond donors (Lipinski definition) is 1. The highest BCUT2D eigenvalue weighted by Crippen LogP contribution is 2.38. The van der Waals surface area contributed by atoms with Gasteiger partial charge in [0.05, 0.1) is 6.61 Å². The molecule has 1 aromatic heterocycles. The third kappa shape index (κ3) is 2.89. The Labute approximate surface area is 122 Å². The van der Waals surface area contributed by atoms with E-state index in [2.05, 4.69) is 22.8 Å². The Morgan fingerprint density at radius 2 is 2.15 bits per heavy atom. The quantitative estimate of drug-likeness (QED) is 0.888. The molecule has 0 radical (unpaired) electrons. The molecule has 0 bridgehead atoms. The van der Waals surface area contributed by atoms with Crippen LogP contribution in [0.5, 0.6) is 17.2 Å². The monoisotopic (exact) mass is 291 g/mol. The second-order valence-electron chi connectivity index (χ2n) is 4.52. The van der Waals surface area contributed by atoms with Crippen LogP contribution in [0.2, 0.25) is 0 Å². The summed E-state index contributed by atoms with van der Waals surface area (Å²) in [6.07, 6.45) is 0.922. The molecule has 0 saturated carbocycles. The summed E-state index contributed by atoms with van der Waals surface area (Å²) in [6, 6.07) is 8.10. The Kier molecular flexibility index (Phi) is 4.08. The van der Waals surface area contributed by atoms with Crippen LogP contribution in [0.15, 0.2) is 29.6 Å². The summed E-state index contributed by atoms with van der Waals surface area (Å²) in [5.74, 6) is 2.41. The highest BCUT2D eigenvalue weighted by atomic mass is 32.1. The van der Waals surface area contributed by atoms with Crippen molar-refractivity contribution in [3.63, 3.8) is 0 Å². The zero-order valence-electron chi connectivity index (χ0n) is 11.3. The second-order valence-corrected chi connectivity index (χ2v) is 5.55. The van der Waals surface area contributed by atoms with Crippen molar-refractivity contribution in [2.24, 2.45) is 0 Å². The Bertz CT molecular complexity index is 569. The minimum atomic E-state index is 0.285. The minimum absolute atomic E-state index is 0.285. The number of benzene rings is 1. The zero-order chi connectivity index (χ0) is 13.8. The molecule has 0 amide bonds. The van der Waals surface area contributed by atoms with Gasteiger partial charge in [0.25, 0.3) is 0 Å². The molecule has 1 aromatic carbocycles. The average molecular weight is 291 g/mol. The number of thiophene rings is 1. The van der Waals surface area contributed by atoms with Gasteiger partial charge in [-0.3, -0.25) is 0 Å². The van der Waals surface area contributed by atoms with Crippen LogP contribution in [0.25, 0.3) is 0 Å². The van der Waals surface area contributed by atoms with Crippen LogP contribution in [0.1, 0.15) is 10.4 Å². The molecule has 1 aliphatic rings. The van der Waals surface area contributed by atoms with E-state index in [1.807, 2.05) is 19.2 Å². The molecule has 0 aliphatic carbocycles. The first kappa shape index (κ1) is 13.3. The summed E-state index contributed by atoms with van der Waals surface area (Å²) in [5.41, 5.74) is 1.09. The molecule has 0 spiro atoms. The van der Waals surface area contributed by atoms with Crippen LogP contribution in [-0.4, -0.2) is 20.4 Å². The zero-order valence-corrected chi connectivity index (χ0v) is 12.2. The molecule has 106 valence electrons. The summed E-state index contributed by atoms with van der Waals surface area (Å²) >= 11 is 1.76. The van der Waals surface area contributed by atoms with Crippen molar-refractivity contribution in [1.82, 2.24) is 5.32 Å². The lowest BCUT2D eigenvalue weighted by molar-refractivity contribution is 0.173. The SMILES string of the molecule is CNCc1cc2c(cc1OCCc1cccs1)OCO2. The lowest BCUT2D eigenvalue weighted by atomic mass is 10.1. The fourth-order valence-electron chi connectivity index (χ4n) is 2.14. The van der Waals surface area contributed by atoms with Gasteiger partial charge in [-0.15, -0.1) is 11.3 Å². The largest absolute Gasteiger partial charge is 0.493 e. The molecule has 0 atom stereocenters. The van der Waals surface area contributed by atoms with E-state index in [4.69, 9.17) is 14.2 Å². The van der Waals surface area contributed by atoms with Crippen LogP contribution in [0, 0.1) is 0 Å². The molecule has 20 heavy (non-hydrogen) atoms. The number of fused-ring (bicyclic) bond motifs is 1.